The minimum atomic E-state index is -1.01. The van der Waals surface area contributed by atoms with Crippen molar-refractivity contribution in [2.24, 2.45) is 4.99 Å². The maximum absolute atomic E-state index is 12.4. The highest BCUT2D eigenvalue weighted by molar-refractivity contribution is 9.11. The van der Waals surface area contributed by atoms with Crippen molar-refractivity contribution in [3.8, 4) is 0 Å². The van der Waals surface area contributed by atoms with Crippen LogP contribution in [0.4, 0.5) is 4.79 Å². The molecule has 0 bridgehead atoms. The van der Waals surface area contributed by atoms with Crippen molar-refractivity contribution in [1.82, 2.24) is 20.4 Å². The van der Waals surface area contributed by atoms with E-state index in [1.54, 1.807) is 24.2 Å². The second-order valence-corrected chi connectivity index (χ2v) is 7.84. The molecule has 0 aromatic rings. The molecule has 2 N–H and O–H groups in total. The smallest absolute Gasteiger partial charge is 0.322 e. The predicted octanol–water partition coefficient (Wildman–Crippen LogP) is 1.35. The van der Waals surface area contributed by atoms with Crippen LogP contribution in [0.5, 0.6) is 0 Å². The van der Waals surface area contributed by atoms with Gasteiger partial charge in [0.1, 0.15) is 5.54 Å². The van der Waals surface area contributed by atoms with Crippen molar-refractivity contribution in [1.29, 1.82) is 0 Å². The number of hydrogen-bond donors (Lipinski definition) is 2. The van der Waals surface area contributed by atoms with Gasteiger partial charge in [-0.1, -0.05) is 22.5 Å². The maximum Gasteiger partial charge on any atom is 0.322 e. The van der Waals surface area contributed by atoms with E-state index in [1.807, 2.05) is 6.92 Å². The zero-order valence-corrected chi connectivity index (χ0v) is 16.6. The molecule has 8 nitrogen and oxygen atoms in total. The molecule has 2 rings (SSSR count). The predicted molar refractivity (Wildman–Crippen MR) is 103 cm³/mol. The number of piperazine rings is 1. The Hall–Kier alpha value is -2.16. The monoisotopic (exact) mass is 425 g/mol. The van der Waals surface area contributed by atoms with Crippen LogP contribution in [0.2, 0.25) is 0 Å². The Morgan fingerprint density at radius 2 is 1.92 bits per heavy atom. The molecule has 9 heteroatoms. The zero-order valence-electron chi connectivity index (χ0n) is 15.0. The van der Waals surface area contributed by atoms with Crippen LogP contribution >= 0.6 is 15.9 Å². The zero-order chi connectivity index (χ0) is 19.3. The van der Waals surface area contributed by atoms with Gasteiger partial charge in [-0.3, -0.25) is 19.9 Å². The van der Waals surface area contributed by atoms with E-state index in [0.29, 0.717) is 26.2 Å². The number of amides is 4. The number of hydrogen-bond acceptors (Lipinski definition) is 5. The van der Waals surface area contributed by atoms with Crippen molar-refractivity contribution in [3.63, 3.8) is 0 Å². The molecule has 0 aromatic heterocycles. The summed E-state index contributed by atoms with van der Waals surface area (Å²) in [7, 11) is 0. The van der Waals surface area contributed by atoms with Gasteiger partial charge in [-0.15, -0.1) is 0 Å². The average molecular weight is 426 g/mol. The third-order valence-corrected chi connectivity index (χ3v) is 4.68. The lowest BCUT2D eigenvalue weighted by Crippen LogP contribution is -2.49. The summed E-state index contributed by atoms with van der Waals surface area (Å²) in [4.78, 5) is 43.5. The molecule has 2 fully saturated rings. The summed E-state index contributed by atoms with van der Waals surface area (Å²) in [5, 5.41) is 4.78. The molecule has 0 radical (unpaired) electrons. The van der Waals surface area contributed by atoms with Crippen molar-refractivity contribution in [2.75, 3.05) is 26.2 Å². The molecule has 0 saturated carbocycles. The molecule has 1 unspecified atom stereocenters. The molecule has 26 heavy (non-hydrogen) atoms. The van der Waals surface area contributed by atoms with Crippen LogP contribution in [0.15, 0.2) is 28.0 Å². The number of imide groups is 1. The molecule has 2 heterocycles. The van der Waals surface area contributed by atoms with E-state index in [4.69, 9.17) is 0 Å². The van der Waals surface area contributed by atoms with Gasteiger partial charge in [-0.05, 0) is 20.3 Å². The molecule has 2 aliphatic rings. The first-order chi connectivity index (χ1) is 12.2. The number of halogens is 1. The minimum absolute atomic E-state index is 0.0167. The first kappa shape index (κ1) is 20.2. The standard InChI is InChI=1S/C17H24BrN5O3/c1-12(18)10-19-11-13(2)22-6-8-23(9-7-22)14(24)4-5-17(3)15(25)20-16(26)21-17/h10-11H,2,4-9H2,1,3H3,(H2,20,21,25,26)/b12-10+,19-11-. The average Bonchev–Trinajstić information content (AvgIpc) is 2.85. The Kier molecular flexibility index (Phi) is 6.57. The van der Waals surface area contributed by atoms with E-state index >= 15 is 0 Å². The fourth-order valence-corrected chi connectivity index (χ4v) is 2.94. The fraction of sp³-hybridized carbons (Fsp3) is 0.529. The molecule has 0 aliphatic carbocycles. The first-order valence-corrected chi connectivity index (χ1v) is 9.21. The summed E-state index contributed by atoms with van der Waals surface area (Å²) < 4.78 is 0.929. The SMILES string of the molecule is C=C(/C=N\C=C(/C)Br)N1CCN(C(=O)CCC2(C)NC(=O)NC2=O)CC1. The maximum atomic E-state index is 12.4. The molecule has 2 aliphatic heterocycles. The Bertz CT molecular complexity index is 663. The molecular formula is C17H24BrN5O3. The third kappa shape index (κ3) is 5.17. The van der Waals surface area contributed by atoms with E-state index < -0.39 is 11.6 Å². The fourth-order valence-electron chi connectivity index (χ4n) is 2.82. The summed E-state index contributed by atoms with van der Waals surface area (Å²) in [6.07, 6.45) is 3.89. The van der Waals surface area contributed by atoms with Gasteiger partial charge in [-0.2, -0.15) is 0 Å². The molecular weight excluding hydrogens is 402 g/mol. The number of rotatable bonds is 6. The summed E-state index contributed by atoms with van der Waals surface area (Å²) in [6, 6.07) is -0.510. The van der Waals surface area contributed by atoms with Gasteiger partial charge in [0.25, 0.3) is 5.91 Å². The van der Waals surface area contributed by atoms with Gasteiger partial charge in [0.2, 0.25) is 5.91 Å². The number of nitrogens with one attached hydrogen (secondary N) is 2. The highest BCUT2D eigenvalue weighted by atomic mass is 79.9. The Balaban J connectivity index is 1.78. The lowest BCUT2D eigenvalue weighted by Gasteiger charge is -2.36. The molecule has 0 spiro atoms. The van der Waals surface area contributed by atoms with Gasteiger partial charge in [0, 0.05) is 55.2 Å². The van der Waals surface area contributed by atoms with Crippen LogP contribution in [0, 0.1) is 0 Å². The van der Waals surface area contributed by atoms with Gasteiger partial charge < -0.3 is 15.1 Å². The highest BCUT2D eigenvalue weighted by Gasteiger charge is 2.42. The van der Waals surface area contributed by atoms with Crippen LogP contribution in [-0.2, 0) is 9.59 Å². The van der Waals surface area contributed by atoms with Crippen molar-refractivity contribution in [3.05, 3.63) is 23.0 Å². The molecule has 2 saturated heterocycles. The van der Waals surface area contributed by atoms with Crippen LogP contribution in [0.1, 0.15) is 26.7 Å². The summed E-state index contributed by atoms with van der Waals surface area (Å²) >= 11 is 3.31. The van der Waals surface area contributed by atoms with E-state index in [9.17, 15) is 14.4 Å². The molecule has 0 aromatic carbocycles. The highest BCUT2D eigenvalue weighted by Crippen LogP contribution is 2.18. The minimum Gasteiger partial charge on any atom is -0.367 e. The largest absolute Gasteiger partial charge is 0.367 e. The summed E-state index contributed by atoms with van der Waals surface area (Å²) in [6.45, 7) is 10.1. The van der Waals surface area contributed by atoms with E-state index in [0.717, 1.165) is 10.2 Å². The topological polar surface area (TPSA) is 94.1 Å². The molecule has 1 atom stereocenters. The Labute approximate surface area is 161 Å². The lowest BCUT2D eigenvalue weighted by atomic mass is 9.96. The number of nitrogens with zero attached hydrogens (tertiary/aromatic N) is 3. The Morgan fingerprint density at radius 3 is 2.46 bits per heavy atom. The van der Waals surface area contributed by atoms with Crippen LogP contribution < -0.4 is 10.6 Å². The van der Waals surface area contributed by atoms with Gasteiger partial charge in [-0.25, -0.2) is 4.79 Å². The van der Waals surface area contributed by atoms with Crippen molar-refractivity contribution < 1.29 is 14.4 Å². The number of carbonyl (C=O) groups excluding carboxylic acids is 3. The quantitative estimate of drug-likeness (QED) is 0.495. The Morgan fingerprint density at radius 1 is 1.31 bits per heavy atom. The van der Waals surface area contributed by atoms with Crippen LogP contribution in [0.3, 0.4) is 0 Å². The first-order valence-electron chi connectivity index (χ1n) is 8.42. The lowest BCUT2D eigenvalue weighted by molar-refractivity contribution is -0.133. The second kappa shape index (κ2) is 8.48. The van der Waals surface area contributed by atoms with Gasteiger partial charge >= 0.3 is 6.03 Å². The van der Waals surface area contributed by atoms with E-state index in [1.165, 1.54) is 0 Å². The third-order valence-electron chi connectivity index (χ3n) is 4.47. The van der Waals surface area contributed by atoms with E-state index in [2.05, 4.69) is 43.0 Å². The van der Waals surface area contributed by atoms with Crippen molar-refractivity contribution >= 4 is 40.0 Å². The summed E-state index contributed by atoms with van der Waals surface area (Å²) in [5.74, 6) is -0.402. The molecule has 4 amide bonds. The van der Waals surface area contributed by atoms with Crippen LogP contribution in [-0.4, -0.2) is 65.6 Å². The van der Waals surface area contributed by atoms with Gasteiger partial charge in [0.05, 0.1) is 0 Å². The van der Waals surface area contributed by atoms with Gasteiger partial charge in [0.15, 0.2) is 0 Å². The molecule has 142 valence electrons. The van der Waals surface area contributed by atoms with Crippen LogP contribution in [0.25, 0.3) is 0 Å². The second-order valence-electron chi connectivity index (χ2n) is 6.59. The van der Waals surface area contributed by atoms with Crippen molar-refractivity contribution in [2.45, 2.75) is 32.2 Å². The number of allylic oxidation sites excluding steroid dienone is 2. The normalized spacial score (nSPS) is 24.0. The number of urea groups is 1. The summed E-state index contributed by atoms with van der Waals surface area (Å²) in [5.41, 5.74) is -0.208. The van der Waals surface area contributed by atoms with E-state index in [-0.39, 0.29) is 24.7 Å². The number of aliphatic imine (C=N–C) groups is 1. The number of carbonyl (C=O) groups is 3.